The lowest BCUT2D eigenvalue weighted by Gasteiger charge is -2.08. The van der Waals surface area contributed by atoms with Crippen LogP contribution >= 0.6 is 15.9 Å². The van der Waals surface area contributed by atoms with Gasteiger partial charge in [0.05, 0.1) is 11.1 Å². The summed E-state index contributed by atoms with van der Waals surface area (Å²) >= 11 is 3.22. The second-order valence-electron chi connectivity index (χ2n) is 4.08. The number of anilines is 1. The standard InChI is InChI=1S/C14H8BrF2NO3/c15-7-1-3-8(4-2-7)18-13(19)9-5-11(16)12(17)6-10(9)14(20)21/h1-6H,(H,18,19)(H,20,21). The Bertz CT molecular complexity index is 717. The number of rotatable bonds is 3. The molecule has 0 radical (unpaired) electrons. The maximum atomic E-state index is 13.2. The monoisotopic (exact) mass is 355 g/mol. The summed E-state index contributed by atoms with van der Waals surface area (Å²) in [5.74, 6) is -4.97. The molecule has 1 amide bonds. The van der Waals surface area contributed by atoms with Crippen molar-refractivity contribution in [2.24, 2.45) is 0 Å². The van der Waals surface area contributed by atoms with Crippen LogP contribution in [0.5, 0.6) is 0 Å². The number of benzene rings is 2. The molecule has 7 heteroatoms. The van der Waals surface area contributed by atoms with E-state index in [9.17, 15) is 18.4 Å². The first-order valence-corrected chi connectivity index (χ1v) is 6.47. The van der Waals surface area contributed by atoms with Crippen molar-refractivity contribution in [3.8, 4) is 0 Å². The summed E-state index contributed by atoms with van der Waals surface area (Å²) in [5, 5.41) is 11.4. The number of aromatic carboxylic acids is 1. The van der Waals surface area contributed by atoms with Crippen LogP contribution in [0.2, 0.25) is 0 Å². The minimum atomic E-state index is -1.52. The Balaban J connectivity index is 2.36. The highest BCUT2D eigenvalue weighted by molar-refractivity contribution is 9.10. The number of hydrogen-bond donors (Lipinski definition) is 2. The van der Waals surface area contributed by atoms with Gasteiger partial charge in [-0.25, -0.2) is 13.6 Å². The Morgan fingerprint density at radius 2 is 1.52 bits per heavy atom. The van der Waals surface area contributed by atoms with E-state index in [4.69, 9.17) is 5.11 Å². The van der Waals surface area contributed by atoms with Gasteiger partial charge in [-0.1, -0.05) is 15.9 Å². The van der Waals surface area contributed by atoms with Gasteiger partial charge < -0.3 is 10.4 Å². The molecule has 0 atom stereocenters. The summed E-state index contributed by atoms with van der Waals surface area (Å²) in [7, 11) is 0. The third-order valence-electron chi connectivity index (χ3n) is 2.64. The molecule has 0 heterocycles. The van der Waals surface area contributed by atoms with Crippen molar-refractivity contribution in [1.29, 1.82) is 0 Å². The van der Waals surface area contributed by atoms with Crippen LogP contribution in [0.1, 0.15) is 20.7 Å². The van der Waals surface area contributed by atoms with Gasteiger partial charge in [0.15, 0.2) is 11.6 Å². The highest BCUT2D eigenvalue weighted by atomic mass is 79.9. The molecule has 4 nitrogen and oxygen atoms in total. The van der Waals surface area contributed by atoms with E-state index in [1.165, 1.54) is 0 Å². The van der Waals surface area contributed by atoms with E-state index in [0.717, 1.165) is 4.47 Å². The zero-order valence-corrected chi connectivity index (χ0v) is 11.9. The summed E-state index contributed by atoms with van der Waals surface area (Å²) in [6.07, 6.45) is 0. The van der Waals surface area contributed by atoms with Crippen LogP contribution in [-0.4, -0.2) is 17.0 Å². The summed E-state index contributed by atoms with van der Waals surface area (Å²) in [4.78, 5) is 23.0. The molecule has 2 aromatic rings. The van der Waals surface area contributed by atoms with Crippen molar-refractivity contribution in [3.05, 3.63) is 63.6 Å². The molecule has 2 rings (SSSR count). The van der Waals surface area contributed by atoms with Crippen molar-refractivity contribution >= 4 is 33.5 Å². The molecular weight excluding hydrogens is 348 g/mol. The lowest BCUT2D eigenvalue weighted by Crippen LogP contribution is -2.17. The van der Waals surface area contributed by atoms with Gasteiger partial charge in [0.2, 0.25) is 0 Å². The van der Waals surface area contributed by atoms with Crippen molar-refractivity contribution in [1.82, 2.24) is 0 Å². The van der Waals surface area contributed by atoms with E-state index >= 15 is 0 Å². The number of carbonyl (C=O) groups excluding carboxylic acids is 1. The Kier molecular flexibility index (Phi) is 4.32. The zero-order chi connectivity index (χ0) is 15.6. The molecule has 2 N–H and O–H groups in total. The van der Waals surface area contributed by atoms with Crippen LogP contribution in [-0.2, 0) is 0 Å². The van der Waals surface area contributed by atoms with Gasteiger partial charge >= 0.3 is 5.97 Å². The molecule has 0 saturated heterocycles. The van der Waals surface area contributed by atoms with E-state index in [-0.39, 0.29) is 0 Å². The van der Waals surface area contributed by atoms with Crippen LogP contribution in [0.3, 0.4) is 0 Å². The van der Waals surface area contributed by atoms with Crippen LogP contribution in [0, 0.1) is 11.6 Å². The summed E-state index contributed by atoms with van der Waals surface area (Å²) < 4.78 is 27.1. The van der Waals surface area contributed by atoms with E-state index in [1.54, 1.807) is 24.3 Å². The average molecular weight is 356 g/mol. The fourth-order valence-electron chi connectivity index (χ4n) is 1.64. The second kappa shape index (κ2) is 6.01. The number of carboxylic acid groups (broad SMARTS) is 1. The molecule has 108 valence electrons. The number of amides is 1. The first kappa shape index (κ1) is 15.1. The third-order valence-corrected chi connectivity index (χ3v) is 3.17. The lowest BCUT2D eigenvalue weighted by molar-refractivity contribution is 0.0691. The van der Waals surface area contributed by atoms with Crippen molar-refractivity contribution in [2.75, 3.05) is 5.32 Å². The van der Waals surface area contributed by atoms with E-state index in [1.807, 2.05) is 0 Å². The molecule has 0 unspecified atom stereocenters. The van der Waals surface area contributed by atoms with E-state index < -0.39 is 34.6 Å². The quantitative estimate of drug-likeness (QED) is 0.882. The average Bonchev–Trinajstić information content (AvgIpc) is 2.43. The topological polar surface area (TPSA) is 66.4 Å². The highest BCUT2D eigenvalue weighted by Gasteiger charge is 2.20. The van der Waals surface area contributed by atoms with Crippen molar-refractivity contribution in [2.45, 2.75) is 0 Å². The number of hydrogen-bond acceptors (Lipinski definition) is 2. The summed E-state index contributed by atoms with van der Waals surface area (Å²) in [6, 6.07) is 7.52. The zero-order valence-electron chi connectivity index (χ0n) is 10.4. The molecule has 0 aliphatic carbocycles. The molecule has 2 aromatic carbocycles. The molecule has 21 heavy (non-hydrogen) atoms. The molecule has 0 aliphatic heterocycles. The normalized spacial score (nSPS) is 10.2. The van der Waals surface area contributed by atoms with Crippen LogP contribution in [0.4, 0.5) is 14.5 Å². The smallest absolute Gasteiger partial charge is 0.336 e. The number of nitrogens with one attached hydrogen (secondary N) is 1. The van der Waals surface area contributed by atoms with E-state index in [0.29, 0.717) is 17.8 Å². The van der Waals surface area contributed by atoms with Gasteiger partial charge in [0, 0.05) is 10.2 Å². The summed E-state index contributed by atoms with van der Waals surface area (Å²) in [6.45, 7) is 0. The maximum Gasteiger partial charge on any atom is 0.336 e. The largest absolute Gasteiger partial charge is 0.478 e. The molecule has 0 bridgehead atoms. The van der Waals surface area contributed by atoms with Gasteiger partial charge in [-0.05, 0) is 36.4 Å². The number of carbonyl (C=O) groups is 2. The minimum Gasteiger partial charge on any atom is -0.478 e. The Labute approximate surface area is 126 Å². The van der Waals surface area contributed by atoms with Crippen LogP contribution in [0.25, 0.3) is 0 Å². The van der Waals surface area contributed by atoms with E-state index in [2.05, 4.69) is 21.2 Å². The van der Waals surface area contributed by atoms with Gasteiger partial charge in [0.1, 0.15) is 0 Å². The van der Waals surface area contributed by atoms with Crippen molar-refractivity contribution < 1.29 is 23.5 Å². The second-order valence-corrected chi connectivity index (χ2v) is 4.99. The molecule has 0 saturated carbocycles. The number of halogens is 3. The molecule has 0 aliphatic rings. The van der Waals surface area contributed by atoms with Gasteiger partial charge in [-0.3, -0.25) is 4.79 Å². The Morgan fingerprint density at radius 1 is 1.00 bits per heavy atom. The third kappa shape index (κ3) is 3.43. The maximum absolute atomic E-state index is 13.2. The number of carboxylic acids is 1. The fourth-order valence-corrected chi connectivity index (χ4v) is 1.91. The first-order chi connectivity index (χ1) is 9.88. The Hall–Kier alpha value is -2.28. The SMILES string of the molecule is O=C(O)c1cc(F)c(F)cc1C(=O)Nc1ccc(Br)cc1. The Morgan fingerprint density at radius 3 is 2.05 bits per heavy atom. The molecule has 0 spiro atoms. The molecule has 0 fully saturated rings. The van der Waals surface area contributed by atoms with Gasteiger partial charge in [0.25, 0.3) is 5.91 Å². The van der Waals surface area contributed by atoms with Gasteiger partial charge in [-0.15, -0.1) is 0 Å². The molecular formula is C14H8BrF2NO3. The van der Waals surface area contributed by atoms with Crippen LogP contribution < -0.4 is 5.32 Å². The van der Waals surface area contributed by atoms with Crippen molar-refractivity contribution in [3.63, 3.8) is 0 Å². The van der Waals surface area contributed by atoms with Crippen LogP contribution in [0.15, 0.2) is 40.9 Å². The molecule has 0 aromatic heterocycles. The predicted octanol–water partition coefficient (Wildman–Crippen LogP) is 3.68. The van der Waals surface area contributed by atoms with Gasteiger partial charge in [-0.2, -0.15) is 0 Å². The first-order valence-electron chi connectivity index (χ1n) is 5.67. The fraction of sp³-hybridized carbons (Fsp3) is 0. The lowest BCUT2D eigenvalue weighted by atomic mass is 10.1. The predicted molar refractivity (Wildman–Crippen MR) is 75.4 cm³/mol. The summed E-state index contributed by atoms with van der Waals surface area (Å²) in [5.41, 5.74) is -0.669. The minimum absolute atomic E-state index is 0.393. The highest BCUT2D eigenvalue weighted by Crippen LogP contribution is 2.19.